The molecule has 1 fully saturated rings. The molecule has 7 nitrogen and oxygen atoms in total. The van der Waals surface area contributed by atoms with Crippen molar-refractivity contribution in [3.8, 4) is 0 Å². The van der Waals surface area contributed by atoms with Gasteiger partial charge in [-0.3, -0.25) is 14.5 Å². The van der Waals surface area contributed by atoms with Crippen molar-refractivity contribution in [1.29, 1.82) is 0 Å². The summed E-state index contributed by atoms with van der Waals surface area (Å²) in [5, 5.41) is 2.57. The lowest BCUT2D eigenvalue weighted by molar-refractivity contribution is -0.138. The highest BCUT2D eigenvalue weighted by molar-refractivity contribution is 6.08. The lowest BCUT2D eigenvalue weighted by atomic mass is 10.1. The number of hydrogen-bond acceptors (Lipinski definition) is 4. The molecule has 1 aliphatic rings. The van der Waals surface area contributed by atoms with Gasteiger partial charge in [-0.25, -0.2) is 4.79 Å². The first kappa shape index (κ1) is 17.9. The average molecular weight is 332 g/mol. The molecule has 0 radical (unpaired) electrons. The van der Waals surface area contributed by atoms with Gasteiger partial charge in [-0.1, -0.05) is 30.3 Å². The highest BCUT2D eigenvalue weighted by Crippen LogP contribution is 2.16. The molecule has 0 spiro atoms. The van der Waals surface area contributed by atoms with Crippen molar-refractivity contribution in [3.63, 3.8) is 0 Å². The Bertz CT molecular complexity index is 616. The molecule has 3 N–H and O–H groups in total. The molecule has 0 unspecified atom stereocenters. The minimum atomic E-state index is -0.972. The first-order valence-corrected chi connectivity index (χ1v) is 8.01. The SMILES string of the molecule is CC1(C)NC(=O)N(CC(=O)N(CCN)CCc2ccccc2)C1=O. The molecule has 1 aromatic carbocycles. The van der Waals surface area contributed by atoms with Crippen molar-refractivity contribution in [3.05, 3.63) is 35.9 Å². The molecule has 130 valence electrons. The van der Waals surface area contributed by atoms with E-state index >= 15 is 0 Å². The van der Waals surface area contributed by atoms with Crippen LogP contribution in [-0.2, 0) is 16.0 Å². The molecule has 1 heterocycles. The van der Waals surface area contributed by atoms with Gasteiger partial charge in [0.15, 0.2) is 0 Å². The average Bonchev–Trinajstić information content (AvgIpc) is 2.74. The normalized spacial score (nSPS) is 16.2. The van der Waals surface area contributed by atoms with E-state index in [-0.39, 0.29) is 12.5 Å². The molecule has 7 heteroatoms. The quantitative estimate of drug-likeness (QED) is 0.704. The van der Waals surface area contributed by atoms with Crippen molar-refractivity contribution in [2.75, 3.05) is 26.2 Å². The van der Waals surface area contributed by atoms with Crippen LogP contribution in [0.3, 0.4) is 0 Å². The Morgan fingerprint density at radius 3 is 2.42 bits per heavy atom. The zero-order valence-electron chi connectivity index (χ0n) is 14.1. The van der Waals surface area contributed by atoms with Crippen LogP contribution in [0.5, 0.6) is 0 Å². The Hall–Kier alpha value is -2.41. The predicted octanol–water partition coefficient (Wildman–Crippen LogP) is 0.347. The van der Waals surface area contributed by atoms with Crippen LogP contribution < -0.4 is 11.1 Å². The third-order valence-electron chi connectivity index (χ3n) is 4.00. The van der Waals surface area contributed by atoms with Gasteiger partial charge in [0.25, 0.3) is 5.91 Å². The summed E-state index contributed by atoms with van der Waals surface area (Å²) in [4.78, 5) is 39.1. The molecule has 1 aliphatic heterocycles. The number of hydrogen-bond donors (Lipinski definition) is 2. The van der Waals surface area contributed by atoms with Crippen LogP contribution in [0.15, 0.2) is 30.3 Å². The van der Waals surface area contributed by atoms with Gasteiger partial charge in [-0.15, -0.1) is 0 Å². The largest absolute Gasteiger partial charge is 0.340 e. The molecule has 2 rings (SSSR count). The van der Waals surface area contributed by atoms with Crippen LogP contribution >= 0.6 is 0 Å². The van der Waals surface area contributed by atoms with Crippen molar-refractivity contribution >= 4 is 17.8 Å². The van der Waals surface area contributed by atoms with Gasteiger partial charge >= 0.3 is 6.03 Å². The Labute approximate surface area is 141 Å². The second kappa shape index (κ2) is 7.44. The van der Waals surface area contributed by atoms with Crippen LogP contribution in [0.2, 0.25) is 0 Å². The highest BCUT2D eigenvalue weighted by atomic mass is 16.2. The number of urea groups is 1. The third-order valence-corrected chi connectivity index (χ3v) is 4.00. The van der Waals surface area contributed by atoms with Gasteiger partial charge in [0.2, 0.25) is 5.91 Å². The first-order chi connectivity index (χ1) is 11.3. The molecule has 4 amide bonds. The summed E-state index contributed by atoms with van der Waals surface area (Å²) >= 11 is 0. The monoisotopic (exact) mass is 332 g/mol. The van der Waals surface area contributed by atoms with Crippen molar-refractivity contribution in [2.24, 2.45) is 5.73 Å². The van der Waals surface area contributed by atoms with Crippen LogP contribution in [0.4, 0.5) is 4.79 Å². The number of nitrogens with zero attached hydrogens (tertiary/aromatic N) is 2. The standard InChI is InChI=1S/C17H24N4O3/c1-17(2)15(23)21(16(24)19-17)12-14(22)20(11-9-18)10-8-13-6-4-3-5-7-13/h3-7H,8-12,18H2,1-2H3,(H,19,24). The molecule has 0 saturated carbocycles. The van der Waals surface area contributed by atoms with E-state index in [0.29, 0.717) is 26.1 Å². The molecule has 1 aromatic rings. The summed E-state index contributed by atoms with van der Waals surface area (Å²) < 4.78 is 0. The molecular weight excluding hydrogens is 308 g/mol. The van der Waals surface area contributed by atoms with Crippen LogP contribution in [0.25, 0.3) is 0 Å². The zero-order valence-corrected chi connectivity index (χ0v) is 14.1. The lowest BCUT2D eigenvalue weighted by Crippen LogP contribution is -2.46. The van der Waals surface area contributed by atoms with Crippen molar-refractivity contribution < 1.29 is 14.4 Å². The molecule has 0 atom stereocenters. The van der Waals surface area contributed by atoms with Gasteiger partial charge in [-0.2, -0.15) is 0 Å². The molecule has 1 saturated heterocycles. The van der Waals surface area contributed by atoms with E-state index in [1.165, 1.54) is 0 Å². The number of rotatable bonds is 7. The second-order valence-corrected chi connectivity index (χ2v) is 6.35. The number of amides is 4. The zero-order chi connectivity index (χ0) is 17.7. The van der Waals surface area contributed by atoms with Crippen LogP contribution in [0, 0.1) is 0 Å². The summed E-state index contributed by atoms with van der Waals surface area (Å²) in [5.41, 5.74) is 5.73. The molecule has 0 aromatic heterocycles. The van der Waals surface area contributed by atoms with E-state index in [2.05, 4.69) is 5.32 Å². The minimum absolute atomic E-state index is 0.261. The van der Waals surface area contributed by atoms with Gasteiger partial charge < -0.3 is 16.0 Å². The number of carbonyl (C=O) groups excluding carboxylic acids is 3. The van der Waals surface area contributed by atoms with Crippen molar-refractivity contribution in [2.45, 2.75) is 25.8 Å². The number of imide groups is 1. The van der Waals surface area contributed by atoms with Gasteiger partial charge in [-0.05, 0) is 25.8 Å². The van der Waals surface area contributed by atoms with E-state index in [1.54, 1.807) is 18.7 Å². The summed E-state index contributed by atoms with van der Waals surface area (Å²) in [7, 11) is 0. The van der Waals surface area contributed by atoms with E-state index in [9.17, 15) is 14.4 Å². The van der Waals surface area contributed by atoms with Gasteiger partial charge in [0.1, 0.15) is 12.1 Å². The maximum absolute atomic E-state index is 12.5. The van der Waals surface area contributed by atoms with Gasteiger partial charge in [0, 0.05) is 19.6 Å². The number of nitrogens with two attached hydrogens (primary N) is 1. The Morgan fingerprint density at radius 2 is 1.88 bits per heavy atom. The first-order valence-electron chi connectivity index (χ1n) is 8.01. The Kier molecular flexibility index (Phi) is 5.56. The maximum atomic E-state index is 12.5. The van der Waals surface area contributed by atoms with E-state index < -0.39 is 17.5 Å². The lowest BCUT2D eigenvalue weighted by Gasteiger charge is -2.24. The highest BCUT2D eigenvalue weighted by Gasteiger charge is 2.45. The van der Waals surface area contributed by atoms with Crippen LogP contribution in [-0.4, -0.2) is 59.4 Å². The topological polar surface area (TPSA) is 95.7 Å². The molecule has 0 aliphatic carbocycles. The fourth-order valence-electron chi connectivity index (χ4n) is 2.62. The molecule has 24 heavy (non-hydrogen) atoms. The molecule has 0 bridgehead atoms. The van der Waals surface area contributed by atoms with E-state index in [4.69, 9.17) is 5.73 Å². The number of nitrogens with one attached hydrogen (secondary N) is 1. The molecular formula is C17H24N4O3. The third kappa shape index (κ3) is 4.11. The predicted molar refractivity (Wildman–Crippen MR) is 90.1 cm³/mol. The van der Waals surface area contributed by atoms with Crippen LogP contribution in [0.1, 0.15) is 19.4 Å². The fourth-order valence-corrected chi connectivity index (χ4v) is 2.62. The maximum Gasteiger partial charge on any atom is 0.325 e. The summed E-state index contributed by atoms with van der Waals surface area (Å²) in [5.74, 6) is -0.672. The summed E-state index contributed by atoms with van der Waals surface area (Å²) in [6.45, 7) is 4.18. The fraction of sp³-hybridized carbons (Fsp3) is 0.471. The Morgan fingerprint density at radius 1 is 1.21 bits per heavy atom. The summed E-state index contributed by atoms with van der Waals surface area (Å²) in [6, 6.07) is 9.27. The van der Waals surface area contributed by atoms with Gasteiger partial charge in [0.05, 0.1) is 0 Å². The number of benzene rings is 1. The smallest absolute Gasteiger partial charge is 0.325 e. The summed E-state index contributed by atoms with van der Waals surface area (Å²) in [6.07, 6.45) is 0.693. The minimum Gasteiger partial charge on any atom is -0.340 e. The second-order valence-electron chi connectivity index (χ2n) is 6.35. The van der Waals surface area contributed by atoms with E-state index in [1.807, 2.05) is 30.3 Å². The van der Waals surface area contributed by atoms with Crippen molar-refractivity contribution in [1.82, 2.24) is 15.1 Å². The van der Waals surface area contributed by atoms with E-state index in [0.717, 1.165) is 10.5 Å². The number of carbonyl (C=O) groups is 3. The Balaban J connectivity index is 1.98.